The second kappa shape index (κ2) is 6.41. The lowest BCUT2D eigenvalue weighted by molar-refractivity contribution is -0.117. The number of anilines is 2. The molecule has 1 amide bonds. The van der Waals surface area contributed by atoms with Gasteiger partial charge in [-0.25, -0.2) is 0 Å². The highest BCUT2D eigenvalue weighted by Crippen LogP contribution is 2.23. The van der Waals surface area contributed by atoms with Gasteiger partial charge in [0.25, 0.3) is 0 Å². The molecule has 1 aromatic carbocycles. The molecule has 1 atom stereocenters. The van der Waals surface area contributed by atoms with E-state index in [0.717, 1.165) is 37.2 Å². The van der Waals surface area contributed by atoms with Crippen molar-refractivity contribution in [2.75, 3.05) is 16.8 Å². The number of carbonyl (C=O) groups is 1. The highest BCUT2D eigenvalue weighted by molar-refractivity contribution is 5.95. The molecule has 0 radical (unpaired) electrons. The summed E-state index contributed by atoms with van der Waals surface area (Å²) in [5.41, 5.74) is 2.11. The van der Waals surface area contributed by atoms with Crippen LogP contribution >= 0.6 is 0 Å². The van der Waals surface area contributed by atoms with E-state index >= 15 is 0 Å². The van der Waals surface area contributed by atoms with Crippen molar-refractivity contribution in [3.05, 3.63) is 36.9 Å². The van der Waals surface area contributed by atoms with Gasteiger partial charge in [-0.3, -0.25) is 4.79 Å². The van der Waals surface area contributed by atoms with E-state index in [1.165, 1.54) is 0 Å². The number of hydrogen-bond acceptors (Lipinski definition) is 2. The van der Waals surface area contributed by atoms with Gasteiger partial charge in [0.1, 0.15) is 0 Å². The zero-order chi connectivity index (χ0) is 13.7. The lowest BCUT2D eigenvalue weighted by atomic mass is 10.1. The highest BCUT2D eigenvalue weighted by Gasteiger charge is 2.21. The van der Waals surface area contributed by atoms with E-state index in [1.807, 2.05) is 35.2 Å². The van der Waals surface area contributed by atoms with Crippen LogP contribution in [-0.2, 0) is 4.79 Å². The first-order chi connectivity index (χ1) is 9.20. The molecule has 2 rings (SSSR count). The van der Waals surface area contributed by atoms with Crippen LogP contribution in [0.3, 0.4) is 0 Å². The van der Waals surface area contributed by atoms with Crippen molar-refractivity contribution in [2.24, 2.45) is 0 Å². The smallest absolute Gasteiger partial charge is 0.227 e. The van der Waals surface area contributed by atoms with E-state index in [-0.39, 0.29) is 5.91 Å². The Morgan fingerprint density at radius 1 is 1.42 bits per heavy atom. The third-order valence-electron chi connectivity index (χ3n) is 3.47. The van der Waals surface area contributed by atoms with E-state index in [0.29, 0.717) is 12.5 Å². The first kappa shape index (κ1) is 13.7. The Hall–Kier alpha value is -1.77. The molecule has 1 unspecified atom stereocenters. The molecule has 0 aromatic heterocycles. The van der Waals surface area contributed by atoms with Crippen molar-refractivity contribution < 1.29 is 4.79 Å². The third kappa shape index (κ3) is 3.60. The van der Waals surface area contributed by atoms with Crippen LogP contribution in [0.2, 0.25) is 0 Å². The van der Waals surface area contributed by atoms with Crippen LogP contribution in [0.1, 0.15) is 32.6 Å². The molecule has 1 saturated heterocycles. The van der Waals surface area contributed by atoms with Crippen molar-refractivity contribution in [1.82, 2.24) is 0 Å². The maximum atomic E-state index is 11.7. The van der Waals surface area contributed by atoms with Gasteiger partial charge in [0.05, 0.1) is 0 Å². The van der Waals surface area contributed by atoms with E-state index in [1.54, 1.807) is 0 Å². The predicted molar refractivity (Wildman–Crippen MR) is 80.5 cm³/mol. The molecule has 0 bridgehead atoms. The maximum absolute atomic E-state index is 11.7. The Kier molecular flexibility index (Phi) is 4.61. The summed E-state index contributed by atoms with van der Waals surface area (Å²) in [5, 5.41) is 3.45. The summed E-state index contributed by atoms with van der Waals surface area (Å²) >= 11 is 0. The molecule has 19 heavy (non-hydrogen) atoms. The number of rotatable bonds is 6. The number of amides is 1. The summed E-state index contributed by atoms with van der Waals surface area (Å²) in [6.07, 6.45) is 5.70. The Bertz CT molecular complexity index is 439. The van der Waals surface area contributed by atoms with E-state index in [2.05, 4.69) is 18.8 Å². The van der Waals surface area contributed by atoms with Gasteiger partial charge in [-0.05, 0) is 50.5 Å². The summed E-state index contributed by atoms with van der Waals surface area (Å²) < 4.78 is 0. The lowest BCUT2D eigenvalue weighted by Crippen LogP contribution is -2.23. The molecule has 3 heteroatoms. The average Bonchev–Trinajstić information content (AvgIpc) is 2.83. The molecule has 1 N–H and O–H groups in total. The molecule has 0 aliphatic carbocycles. The molecule has 102 valence electrons. The number of carbonyl (C=O) groups excluding carboxylic acids is 1. The van der Waals surface area contributed by atoms with Crippen molar-refractivity contribution in [1.29, 1.82) is 0 Å². The Morgan fingerprint density at radius 3 is 2.74 bits per heavy atom. The molecular formula is C16H22N2O. The molecule has 0 spiro atoms. The van der Waals surface area contributed by atoms with Crippen LogP contribution in [0.25, 0.3) is 0 Å². The van der Waals surface area contributed by atoms with Crippen molar-refractivity contribution in [3.8, 4) is 0 Å². The van der Waals surface area contributed by atoms with Crippen LogP contribution in [0, 0.1) is 0 Å². The average molecular weight is 258 g/mol. The lowest BCUT2D eigenvalue weighted by Gasteiger charge is -2.18. The maximum Gasteiger partial charge on any atom is 0.227 e. The zero-order valence-electron chi connectivity index (χ0n) is 11.6. The zero-order valence-corrected chi connectivity index (χ0v) is 11.6. The van der Waals surface area contributed by atoms with Gasteiger partial charge in [0, 0.05) is 30.4 Å². The van der Waals surface area contributed by atoms with Crippen molar-refractivity contribution in [2.45, 2.75) is 38.6 Å². The number of hydrogen-bond donors (Lipinski definition) is 1. The third-order valence-corrected chi connectivity index (χ3v) is 3.47. The van der Waals surface area contributed by atoms with Crippen molar-refractivity contribution >= 4 is 17.3 Å². The van der Waals surface area contributed by atoms with E-state index in [4.69, 9.17) is 0 Å². The van der Waals surface area contributed by atoms with E-state index in [9.17, 15) is 4.79 Å². The van der Waals surface area contributed by atoms with Crippen LogP contribution in [0.5, 0.6) is 0 Å². The predicted octanol–water partition coefficient (Wildman–Crippen LogP) is 3.58. The quantitative estimate of drug-likeness (QED) is 0.791. The summed E-state index contributed by atoms with van der Waals surface area (Å²) in [6.45, 7) is 6.75. The minimum Gasteiger partial charge on any atom is -0.383 e. The second-order valence-electron chi connectivity index (χ2n) is 5.11. The molecule has 1 aliphatic rings. The van der Waals surface area contributed by atoms with Crippen LogP contribution < -0.4 is 10.2 Å². The largest absolute Gasteiger partial charge is 0.383 e. The number of benzene rings is 1. The molecular weight excluding hydrogens is 236 g/mol. The summed E-state index contributed by atoms with van der Waals surface area (Å²) in [7, 11) is 0. The molecule has 1 aromatic rings. The van der Waals surface area contributed by atoms with Crippen LogP contribution in [-0.4, -0.2) is 18.5 Å². The fourth-order valence-corrected chi connectivity index (χ4v) is 2.38. The van der Waals surface area contributed by atoms with Gasteiger partial charge >= 0.3 is 0 Å². The fourth-order valence-electron chi connectivity index (χ4n) is 2.38. The number of allylic oxidation sites excluding steroid dienone is 1. The van der Waals surface area contributed by atoms with Crippen molar-refractivity contribution in [3.63, 3.8) is 0 Å². The SMILES string of the molecule is C=CCCC(C)Nc1ccc(N2CCCC2=O)cc1. The topological polar surface area (TPSA) is 32.3 Å². The molecule has 3 nitrogen and oxygen atoms in total. The van der Waals surface area contributed by atoms with Crippen LogP contribution in [0.15, 0.2) is 36.9 Å². The monoisotopic (exact) mass is 258 g/mol. The Balaban J connectivity index is 1.94. The summed E-state index contributed by atoms with van der Waals surface area (Å²) in [6, 6.07) is 8.56. The molecule has 1 aliphatic heterocycles. The molecule has 1 fully saturated rings. The van der Waals surface area contributed by atoms with Gasteiger partial charge in [-0.2, -0.15) is 0 Å². The highest BCUT2D eigenvalue weighted by atomic mass is 16.2. The van der Waals surface area contributed by atoms with Gasteiger partial charge in [-0.15, -0.1) is 6.58 Å². The normalized spacial score (nSPS) is 16.5. The number of nitrogens with zero attached hydrogens (tertiary/aromatic N) is 1. The Morgan fingerprint density at radius 2 is 2.16 bits per heavy atom. The van der Waals surface area contributed by atoms with Gasteiger partial charge in [0.2, 0.25) is 5.91 Å². The number of nitrogens with one attached hydrogen (secondary N) is 1. The Labute approximate surface area is 115 Å². The van der Waals surface area contributed by atoms with Gasteiger partial charge in [-0.1, -0.05) is 6.08 Å². The van der Waals surface area contributed by atoms with Crippen LogP contribution in [0.4, 0.5) is 11.4 Å². The minimum absolute atomic E-state index is 0.236. The van der Waals surface area contributed by atoms with Gasteiger partial charge in [0.15, 0.2) is 0 Å². The van der Waals surface area contributed by atoms with E-state index < -0.39 is 0 Å². The summed E-state index contributed by atoms with van der Waals surface area (Å²) in [4.78, 5) is 13.5. The minimum atomic E-state index is 0.236. The first-order valence-corrected chi connectivity index (χ1v) is 6.98. The fraction of sp³-hybridized carbons (Fsp3) is 0.438. The van der Waals surface area contributed by atoms with Gasteiger partial charge < -0.3 is 10.2 Å². The standard InChI is InChI=1S/C16H22N2O/c1-3-4-6-13(2)17-14-8-10-15(11-9-14)18-12-5-7-16(18)19/h3,8-11,13,17H,1,4-7,12H2,2H3. The second-order valence-corrected chi connectivity index (χ2v) is 5.11. The summed E-state index contributed by atoms with van der Waals surface area (Å²) in [5.74, 6) is 0.236. The molecule has 1 heterocycles. The first-order valence-electron chi connectivity index (χ1n) is 6.98. The molecule has 0 saturated carbocycles.